The Bertz CT molecular complexity index is 853. The van der Waals surface area contributed by atoms with E-state index < -0.39 is 10.8 Å². The molecular formula is C17H15ClN2O5. The first-order valence-electron chi connectivity index (χ1n) is 7.57. The molecule has 0 saturated carbocycles. The number of aryl methyl sites for hydroxylation is 1. The van der Waals surface area contributed by atoms with E-state index in [0.29, 0.717) is 35.3 Å². The number of ether oxygens (including phenoxy) is 2. The number of nitro groups is 1. The van der Waals surface area contributed by atoms with Crippen LogP contribution in [0.1, 0.15) is 21.5 Å². The summed E-state index contributed by atoms with van der Waals surface area (Å²) in [6.45, 7) is 2.70. The van der Waals surface area contributed by atoms with E-state index in [2.05, 4.69) is 5.32 Å². The summed E-state index contributed by atoms with van der Waals surface area (Å²) in [7, 11) is 0. The molecule has 0 aromatic heterocycles. The van der Waals surface area contributed by atoms with Crippen LogP contribution < -0.4 is 14.8 Å². The Hall–Kier alpha value is -2.80. The van der Waals surface area contributed by atoms with Crippen molar-refractivity contribution in [3.8, 4) is 11.5 Å². The summed E-state index contributed by atoms with van der Waals surface area (Å²) in [5.74, 6) is 0.625. The van der Waals surface area contributed by atoms with Crippen LogP contribution in [0, 0.1) is 17.0 Å². The minimum absolute atomic E-state index is 0.0879. The van der Waals surface area contributed by atoms with Crippen LogP contribution in [0.2, 0.25) is 5.02 Å². The van der Waals surface area contributed by atoms with Gasteiger partial charge in [-0.3, -0.25) is 14.9 Å². The van der Waals surface area contributed by atoms with Gasteiger partial charge in [0.15, 0.2) is 11.5 Å². The van der Waals surface area contributed by atoms with Gasteiger partial charge in [0.2, 0.25) is 0 Å². The van der Waals surface area contributed by atoms with Crippen molar-refractivity contribution in [1.29, 1.82) is 0 Å². The third-order valence-electron chi connectivity index (χ3n) is 3.78. The second-order valence-corrected chi connectivity index (χ2v) is 5.95. The summed E-state index contributed by atoms with van der Waals surface area (Å²) in [5.41, 5.74) is 1.38. The quantitative estimate of drug-likeness (QED) is 0.666. The number of rotatable bonds is 4. The Balaban J connectivity index is 1.73. The Kier molecular flexibility index (Phi) is 4.76. The molecule has 1 aliphatic heterocycles. The molecule has 1 aliphatic rings. The minimum atomic E-state index is -0.507. The topological polar surface area (TPSA) is 90.7 Å². The fourth-order valence-electron chi connectivity index (χ4n) is 2.50. The highest BCUT2D eigenvalue weighted by Crippen LogP contribution is 2.38. The first kappa shape index (κ1) is 17.0. The van der Waals surface area contributed by atoms with E-state index in [1.54, 1.807) is 31.2 Å². The van der Waals surface area contributed by atoms with Gasteiger partial charge in [0.25, 0.3) is 11.6 Å². The van der Waals surface area contributed by atoms with Gasteiger partial charge >= 0.3 is 0 Å². The summed E-state index contributed by atoms with van der Waals surface area (Å²) in [6.07, 6.45) is 0. The third kappa shape index (κ3) is 3.66. The Morgan fingerprint density at radius 1 is 1.28 bits per heavy atom. The van der Waals surface area contributed by atoms with Crippen molar-refractivity contribution >= 4 is 23.2 Å². The highest BCUT2D eigenvalue weighted by Gasteiger charge is 2.18. The van der Waals surface area contributed by atoms with E-state index >= 15 is 0 Å². The van der Waals surface area contributed by atoms with Gasteiger partial charge in [0.05, 0.1) is 9.95 Å². The number of carbonyl (C=O) groups is 1. The van der Waals surface area contributed by atoms with E-state index in [0.717, 1.165) is 5.56 Å². The number of nitro benzene ring substituents is 1. The van der Waals surface area contributed by atoms with Crippen molar-refractivity contribution in [1.82, 2.24) is 5.32 Å². The molecule has 130 valence electrons. The smallest absolute Gasteiger partial charge is 0.273 e. The molecule has 0 saturated heterocycles. The van der Waals surface area contributed by atoms with Crippen LogP contribution in [0.25, 0.3) is 0 Å². The molecule has 0 aliphatic carbocycles. The number of nitrogens with zero attached hydrogens (tertiary/aromatic N) is 1. The summed E-state index contributed by atoms with van der Waals surface area (Å²) in [6, 6.07) is 7.80. The number of carbonyl (C=O) groups excluding carboxylic acids is 1. The van der Waals surface area contributed by atoms with E-state index in [1.807, 2.05) is 0 Å². The van der Waals surface area contributed by atoms with Crippen molar-refractivity contribution in [2.24, 2.45) is 0 Å². The lowest BCUT2D eigenvalue weighted by Gasteiger charge is -2.20. The number of halogens is 1. The SMILES string of the molecule is Cc1ccc(C(=O)NCc2cc(Cl)c3c(c2)OCCO3)cc1[N+](=O)[O-]. The summed E-state index contributed by atoms with van der Waals surface area (Å²) < 4.78 is 10.9. The van der Waals surface area contributed by atoms with Gasteiger partial charge in [-0.1, -0.05) is 17.7 Å². The van der Waals surface area contributed by atoms with Crippen LogP contribution >= 0.6 is 11.6 Å². The normalized spacial score (nSPS) is 12.6. The monoisotopic (exact) mass is 362 g/mol. The lowest BCUT2D eigenvalue weighted by molar-refractivity contribution is -0.385. The number of hydrogen-bond acceptors (Lipinski definition) is 5. The average Bonchev–Trinajstić information content (AvgIpc) is 2.60. The van der Waals surface area contributed by atoms with E-state index in [1.165, 1.54) is 6.07 Å². The minimum Gasteiger partial charge on any atom is -0.486 e. The number of benzene rings is 2. The number of amides is 1. The molecule has 3 rings (SSSR count). The maximum absolute atomic E-state index is 12.3. The van der Waals surface area contributed by atoms with Gasteiger partial charge in [-0.05, 0) is 30.7 Å². The van der Waals surface area contributed by atoms with Gasteiger partial charge in [-0.15, -0.1) is 0 Å². The molecule has 2 aromatic rings. The number of fused-ring (bicyclic) bond motifs is 1. The highest BCUT2D eigenvalue weighted by atomic mass is 35.5. The first-order valence-corrected chi connectivity index (χ1v) is 7.95. The van der Waals surface area contributed by atoms with Crippen molar-refractivity contribution in [3.05, 3.63) is 62.2 Å². The van der Waals surface area contributed by atoms with Crippen LogP contribution in [0.4, 0.5) is 5.69 Å². The van der Waals surface area contributed by atoms with Gasteiger partial charge in [-0.25, -0.2) is 0 Å². The van der Waals surface area contributed by atoms with E-state index in [-0.39, 0.29) is 17.8 Å². The molecule has 0 spiro atoms. The van der Waals surface area contributed by atoms with Crippen molar-refractivity contribution in [2.45, 2.75) is 13.5 Å². The zero-order valence-corrected chi connectivity index (χ0v) is 14.1. The molecule has 8 heteroatoms. The molecule has 0 unspecified atom stereocenters. The fraction of sp³-hybridized carbons (Fsp3) is 0.235. The lowest BCUT2D eigenvalue weighted by Crippen LogP contribution is -2.23. The molecule has 1 heterocycles. The molecule has 7 nitrogen and oxygen atoms in total. The van der Waals surface area contributed by atoms with Crippen LogP contribution in [0.15, 0.2) is 30.3 Å². The second-order valence-electron chi connectivity index (χ2n) is 5.54. The van der Waals surface area contributed by atoms with Gasteiger partial charge in [-0.2, -0.15) is 0 Å². The Labute approximate surface area is 148 Å². The summed E-state index contributed by atoms with van der Waals surface area (Å²) in [4.78, 5) is 22.7. The maximum atomic E-state index is 12.3. The van der Waals surface area contributed by atoms with Gasteiger partial charge in [0, 0.05) is 23.7 Å². The molecule has 0 atom stereocenters. The van der Waals surface area contributed by atoms with Crippen LogP contribution in [0.3, 0.4) is 0 Å². The molecular weight excluding hydrogens is 348 g/mol. The molecule has 0 bridgehead atoms. The Morgan fingerprint density at radius 2 is 2.04 bits per heavy atom. The van der Waals surface area contributed by atoms with E-state index in [4.69, 9.17) is 21.1 Å². The second kappa shape index (κ2) is 6.98. The van der Waals surface area contributed by atoms with Gasteiger partial charge < -0.3 is 14.8 Å². The summed E-state index contributed by atoms with van der Waals surface area (Å²) in [5, 5.41) is 14.1. The van der Waals surface area contributed by atoms with Crippen molar-refractivity contribution < 1.29 is 19.2 Å². The zero-order valence-electron chi connectivity index (χ0n) is 13.4. The number of nitrogens with one attached hydrogen (secondary N) is 1. The summed E-state index contributed by atoms with van der Waals surface area (Å²) >= 11 is 6.16. The van der Waals surface area contributed by atoms with Crippen LogP contribution in [-0.4, -0.2) is 24.0 Å². The Morgan fingerprint density at radius 3 is 2.80 bits per heavy atom. The largest absolute Gasteiger partial charge is 0.486 e. The van der Waals surface area contributed by atoms with Crippen molar-refractivity contribution in [2.75, 3.05) is 13.2 Å². The average molecular weight is 363 g/mol. The van der Waals surface area contributed by atoms with Crippen LogP contribution in [0.5, 0.6) is 11.5 Å². The predicted molar refractivity (Wildman–Crippen MR) is 91.4 cm³/mol. The lowest BCUT2D eigenvalue weighted by atomic mass is 10.1. The number of hydrogen-bond donors (Lipinski definition) is 1. The zero-order chi connectivity index (χ0) is 18.0. The third-order valence-corrected chi connectivity index (χ3v) is 4.06. The molecule has 2 aromatic carbocycles. The predicted octanol–water partition coefficient (Wildman–Crippen LogP) is 3.26. The van der Waals surface area contributed by atoms with Crippen LogP contribution in [-0.2, 0) is 6.54 Å². The van der Waals surface area contributed by atoms with Gasteiger partial charge in [0.1, 0.15) is 13.2 Å². The maximum Gasteiger partial charge on any atom is 0.273 e. The van der Waals surface area contributed by atoms with Crippen molar-refractivity contribution in [3.63, 3.8) is 0 Å². The standard InChI is InChI=1S/C17H15ClN2O5/c1-10-2-3-12(8-14(10)20(22)23)17(21)19-9-11-6-13(18)16-15(7-11)24-4-5-25-16/h2-3,6-8H,4-5,9H2,1H3,(H,19,21). The highest BCUT2D eigenvalue weighted by molar-refractivity contribution is 6.32. The fourth-order valence-corrected chi connectivity index (χ4v) is 2.79. The molecule has 1 N–H and O–H groups in total. The molecule has 0 radical (unpaired) electrons. The first-order chi connectivity index (χ1) is 12.0. The molecule has 1 amide bonds. The molecule has 25 heavy (non-hydrogen) atoms. The van der Waals surface area contributed by atoms with E-state index in [9.17, 15) is 14.9 Å². The molecule has 0 fully saturated rings.